The normalized spacial score (nSPS) is 12.2. The lowest BCUT2D eigenvalue weighted by atomic mass is 10.1. The summed E-state index contributed by atoms with van der Waals surface area (Å²) in [5, 5.41) is 12.0. The highest BCUT2D eigenvalue weighted by Crippen LogP contribution is 2.09. The molecule has 0 aliphatic rings. The van der Waals surface area contributed by atoms with Crippen LogP contribution in [-0.4, -0.2) is 27.1 Å². The van der Waals surface area contributed by atoms with Gasteiger partial charge in [0, 0.05) is 11.7 Å². The maximum Gasteiger partial charge on any atom is 0.354 e. The average molecular weight is 237 g/mol. The molecule has 17 heavy (non-hydrogen) atoms. The molecule has 0 radical (unpaired) electrons. The third kappa shape index (κ3) is 4.38. The predicted molar refractivity (Wildman–Crippen MR) is 66.3 cm³/mol. The van der Waals surface area contributed by atoms with Crippen LogP contribution in [0.1, 0.15) is 49.3 Å². The third-order valence-corrected chi connectivity index (χ3v) is 2.44. The van der Waals surface area contributed by atoms with E-state index in [1.54, 1.807) is 6.92 Å². The van der Waals surface area contributed by atoms with E-state index in [2.05, 4.69) is 22.2 Å². The molecule has 1 atom stereocenters. The number of unbranched alkanes of at least 4 members (excludes halogenated alkanes) is 1. The summed E-state index contributed by atoms with van der Waals surface area (Å²) in [5.41, 5.74) is 0.685. The second kappa shape index (κ2) is 6.18. The van der Waals surface area contributed by atoms with Gasteiger partial charge in [0.1, 0.15) is 0 Å². The van der Waals surface area contributed by atoms with Gasteiger partial charge < -0.3 is 10.4 Å². The first-order valence-corrected chi connectivity index (χ1v) is 5.88. The molecule has 5 heteroatoms. The number of hydrogen-bond donors (Lipinski definition) is 2. The Morgan fingerprint density at radius 2 is 2.24 bits per heavy atom. The number of aryl methyl sites for hydroxylation is 1. The monoisotopic (exact) mass is 237 g/mol. The number of aromatic nitrogens is 2. The minimum absolute atomic E-state index is 0.0303. The molecule has 2 N–H and O–H groups in total. The molecule has 0 amide bonds. The van der Waals surface area contributed by atoms with Crippen LogP contribution in [0.5, 0.6) is 0 Å². The molecular weight excluding hydrogens is 218 g/mol. The highest BCUT2D eigenvalue weighted by Gasteiger charge is 2.10. The van der Waals surface area contributed by atoms with Crippen LogP contribution >= 0.6 is 0 Å². The van der Waals surface area contributed by atoms with Gasteiger partial charge in [0.05, 0.1) is 0 Å². The van der Waals surface area contributed by atoms with Crippen molar-refractivity contribution in [3.8, 4) is 0 Å². The van der Waals surface area contributed by atoms with Crippen molar-refractivity contribution in [2.45, 2.75) is 46.1 Å². The van der Waals surface area contributed by atoms with Gasteiger partial charge in [-0.1, -0.05) is 19.8 Å². The summed E-state index contributed by atoms with van der Waals surface area (Å²) in [6, 6.07) is 1.71. The Bertz CT molecular complexity index is 393. The van der Waals surface area contributed by atoms with Crippen molar-refractivity contribution in [1.29, 1.82) is 0 Å². The summed E-state index contributed by atoms with van der Waals surface area (Å²) < 4.78 is 0. The molecule has 94 valence electrons. The molecule has 0 aromatic carbocycles. The van der Waals surface area contributed by atoms with E-state index < -0.39 is 5.97 Å². The molecule has 0 aliphatic heterocycles. The molecule has 0 spiro atoms. The maximum atomic E-state index is 10.8. The third-order valence-electron chi connectivity index (χ3n) is 2.44. The molecule has 1 aromatic rings. The standard InChI is InChI=1S/C12H19N3O2/c1-4-5-6-8(2)13-12-14-9(3)7-10(15-12)11(16)17/h7-8H,4-6H2,1-3H3,(H,16,17)(H,13,14,15). The van der Waals surface area contributed by atoms with Gasteiger partial charge in [-0.3, -0.25) is 0 Å². The molecule has 0 bridgehead atoms. The van der Waals surface area contributed by atoms with Gasteiger partial charge in [0.2, 0.25) is 5.95 Å². The van der Waals surface area contributed by atoms with E-state index in [0.717, 1.165) is 19.3 Å². The van der Waals surface area contributed by atoms with Gasteiger partial charge in [-0.25, -0.2) is 14.8 Å². The van der Waals surface area contributed by atoms with Crippen molar-refractivity contribution in [2.75, 3.05) is 5.32 Å². The first-order valence-electron chi connectivity index (χ1n) is 5.88. The molecule has 5 nitrogen and oxygen atoms in total. The number of carboxylic acid groups (broad SMARTS) is 1. The quantitative estimate of drug-likeness (QED) is 0.795. The number of aromatic carboxylic acids is 1. The number of nitrogens with one attached hydrogen (secondary N) is 1. The second-order valence-corrected chi connectivity index (χ2v) is 4.21. The van der Waals surface area contributed by atoms with Gasteiger partial charge in [0.15, 0.2) is 5.69 Å². The van der Waals surface area contributed by atoms with Gasteiger partial charge in [-0.05, 0) is 26.3 Å². The van der Waals surface area contributed by atoms with E-state index in [9.17, 15) is 4.79 Å². The van der Waals surface area contributed by atoms with Crippen LogP contribution in [0.15, 0.2) is 6.07 Å². The second-order valence-electron chi connectivity index (χ2n) is 4.21. The Balaban J connectivity index is 2.73. The Kier molecular flexibility index (Phi) is 4.87. The molecule has 0 fully saturated rings. The number of rotatable bonds is 6. The summed E-state index contributed by atoms with van der Waals surface area (Å²) in [7, 11) is 0. The molecule has 1 heterocycles. The van der Waals surface area contributed by atoms with Crippen LogP contribution < -0.4 is 5.32 Å². The Morgan fingerprint density at radius 1 is 1.53 bits per heavy atom. The van der Waals surface area contributed by atoms with Gasteiger partial charge in [0.25, 0.3) is 0 Å². The zero-order valence-corrected chi connectivity index (χ0v) is 10.5. The van der Waals surface area contributed by atoms with Crippen LogP contribution in [0.4, 0.5) is 5.95 Å². The predicted octanol–water partition coefficient (Wildman–Crippen LogP) is 2.47. The average Bonchev–Trinajstić information content (AvgIpc) is 2.25. The molecule has 1 rings (SSSR count). The van der Waals surface area contributed by atoms with Crippen molar-refractivity contribution in [3.05, 3.63) is 17.5 Å². The Hall–Kier alpha value is -1.65. The van der Waals surface area contributed by atoms with Crippen LogP contribution in [0.3, 0.4) is 0 Å². The van der Waals surface area contributed by atoms with Crippen molar-refractivity contribution < 1.29 is 9.90 Å². The van der Waals surface area contributed by atoms with Crippen LogP contribution in [0.2, 0.25) is 0 Å². The van der Waals surface area contributed by atoms with Crippen LogP contribution in [0.25, 0.3) is 0 Å². The first kappa shape index (κ1) is 13.4. The minimum Gasteiger partial charge on any atom is -0.477 e. The first-order chi connectivity index (χ1) is 8.02. The van der Waals surface area contributed by atoms with Gasteiger partial charge in [-0.15, -0.1) is 0 Å². The zero-order chi connectivity index (χ0) is 12.8. The summed E-state index contributed by atoms with van der Waals surface area (Å²) in [5.74, 6) is -0.634. The fraction of sp³-hybridized carbons (Fsp3) is 0.583. The summed E-state index contributed by atoms with van der Waals surface area (Å²) in [4.78, 5) is 19.0. The lowest BCUT2D eigenvalue weighted by molar-refractivity contribution is 0.0690. The molecule has 1 aromatic heterocycles. The van der Waals surface area contributed by atoms with Gasteiger partial charge >= 0.3 is 5.97 Å². The van der Waals surface area contributed by atoms with E-state index in [1.807, 2.05) is 6.92 Å². The fourth-order valence-electron chi connectivity index (χ4n) is 1.55. The largest absolute Gasteiger partial charge is 0.477 e. The highest BCUT2D eigenvalue weighted by molar-refractivity contribution is 5.85. The lowest BCUT2D eigenvalue weighted by Gasteiger charge is -2.13. The summed E-state index contributed by atoms with van der Waals surface area (Å²) >= 11 is 0. The number of carboxylic acids is 1. The van der Waals surface area contributed by atoms with E-state index in [-0.39, 0.29) is 11.7 Å². The SMILES string of the molecule is CCCCC(C)Nc1nc(C)cc(C(=O)O)n1. The smallest absolute Gasteiger partial charge is 0.354 e. The Morgan fingerprint density at radius 3 is 2.82 bits per heavy atom. The highest BCUT2D eigenvalue weighted by atomic mass is 16.4. The topological polar surface area (TPSA) is 75.1 Å². The zero-order valence-electron chi connectivity index (χ0n) is 10.5. The minimum atomic E-state index is -1.03. The Labute approximate surface area is 101 Å². The fourth-order valence-corrected chi connectivity index (χ4v) is 1.55. The van der Waals surface area contributed by atoms with Crippen molar-refractivity contribution in [1.82, 2.24) is 9.97 Å². The molecule has 1 unspecified atom stereocenters. The number of anilines is 1. The van der Waals surface area contributed by atoms with Crippen LogP contribution in [-0.2, 0) is 0 Å². The van der Waals surface area contributed by atoms with Crippen LogP contribution in [0, 0.1) is 6.92 Å². The van der Waals surface area contributed by atoms with E-state index in [0.29, 0.717) is 11.6 Å². The summed E-state index contributed by atoms with van der Waals surface area (Å²) in [6.45, 7) is 5.94. The lowest BCUT2D eigenvalue weighted by Crippen LogP contribution is -2.18. The number of nitrogens with zero attached hydrogens (tertiary/aromatic N) is 2. The van der Waals surface area contributed by atoms with E-state index >= 15 is 0 Å². The molecule has 0 saturated heterocycles. The number of carbonyl (C=O) groups is 1. The van der Waals surface area contributed by atoms with Gasteiger partial charge in [-0.2, -0.15) is 0 Å². The van der Waals surface area contributed by atoms with E-state index in [1.165, 1.54) is 6.07 Å². The number of hydrogen-bond acceptors (Lipinski definition) is 4. The van der Waals surface area contributed by atoms with Crippen molar-refractivity contribution in [2.24, 2.45) is 0 Å². The molecule has 0 saturated carbocycles. The van der Waals surface area contributed by atoms with E-state index in [4.69, 9.17) is 5.11 Å². The van der Waals surface area contributed by atoms with Crippen molar-refractivity contribution in [3.63, 3.8) is 0 Å². The molecular formula is C12H19N3O2. The molecule has 0 aliphatic carbocycles. The van der Waals surface area contributed by atoms with Crippen molar-refractivity contribution >= 4 is 11.9 Å². The summed E-state index contributed by atoms with van der Waals surface area (Å²) in [6.07, 6.45) is 3.29. The maximum absolute atomic E-state index is 10.8.